The summed E-state index contributed by atoms with van der Waals surface area (Å²) in [5, 5.41) is 14.7. The number of aryl methyl sites for hydroxylation is 1. The summed E-state index contributed by atoms with van der Waals surface area (Å²) in [5.41, 5.74) is 1.66. The molecule has 0 aromatic heterocycles. The van der Waals surface area contributed by atoms with Crippen molar-refractivity contribution in [3.63, 3.8) is 0 Å². The van der Waals surface area contributed by atoms with Crippen molar-refractivity contribution in [2.75, 3.05) is 25.1 Å². The molecule has 1 aromatic carbocycles. The van der Waals surface area contributed by atoms with E-state index in [4.69, 9.17) is 14.7 Å². The molecule has 2 N–H and O–H groups in total. The Balaban J connectivity index is 2.60. The van der Waals surface area contributed by atoms with E-state index in [-0.39, 0.29) is 5.57 Å². The number of rotatable bonds is 9. The van der Waals surface area contributed by atoms with Crippen molar-refractivity contribution < 1.29 is 14.3 Å². The van der Waals surface area contributed by atoms with E-state index in [1.54, 1.807) is 6.07 Å². The zero-order valence-electron chi connectivity index (χ0n) is 13.8. The van der Waals surface area contributed by atoms with E-state index < -0.39 is 12.2 Å². The van der Waals surface area contributed by atoms with Crippen LogP contribution >= 0.6 is 0 Å². The second kappa shape index (κ2) is 10.4. The Kier molecular flexibility index (Phi) is 8.43. The monoisotopic (exact) mass is 317 g/mol. The van der Waals surface area contributed by atoms with Crippen molar-refractivity contribution in [1.29, 1.82) is 5.26 Å². The largest absolute Gasteiger partial charge is 0.385 e. The van der Waals surface area contributed by atoms with Crippen molar-refractivity contribution in [1.82, 2.24) is 5.32 Å². The van der Waals surface area contributed by atoms with Crippen LogP contribution in [0.15, 0.2) is 36.0 Å². The molecule has 0 aliphatic heterocycles. The summed E-state index contributed by atoms with van der Waals surface area (Å²) in [6, 6.07) is 9.26. The van der Waals surface area contributed by atoms with E-state index in [0.717, 1.165) is 5.56 Å². The maximum Gasteiger partial charge on any atom is 0.267 e. The summed E-state index contributed by atoms with van der Waals surface area (Å²) in [6.07, 6.45) is 0.955. The first-order chi connectivity index (χ1) is 11.1. The van der Waals surface area contributed by atoms with Crippen LogP contribution in [0, 0.1) is 18.3 Å². The van der Waals surface area contributed by atoms with E-state index in [2.05, 4.69) is 10.6 Å². The van der Waals surface area contributed by atoms with E-state index in [1.807, 2.05) is 45.0 Å². The lowest BCUT2D eigenvalue weighted by Crippen LogP contribution is -2.29. The van der Waals surface area contributed by atoms with Crippen LogP contribution in [0.4, 0.5) is 5.69 Å². The number of hydrogen-bond donors (Lipinski definition) is 2. The van der Waals surface area contributed by atoms with Gasteiger partial charge in [-0.15, -0.1) is 0 Å². The van der Waals surface area contributed by atoms with Gasteiger partial charge in [0.15, 0.2) is 6.29 Å². The van der Waals surface area contributed by atoms with Gasteiger partial charge in [0.25, 0.3) is 5.91 Å². The fourth-order valence-electron chi connectivity index (χ4n) is 1.86. The van der Waals surface area contributed by atoms with Gasteiger partial charge in [-0.2, -0.15) is 5.26 Å². The highest BCUT2D eigenvalue weighted by Crippen LogP contribution is 2.10. The topological polar surface area (TPSA) is 83.4 Å². The average Bonchev–Trinajstić information content (AvgIpc) is 2.51. The van der Waals surface area contributed by atoms with Crippen molar-refractivity contribution in [3.05, 3.63) is 41.6 Å². The molecule has 0 aliphatic carbocycles. The summed E-state index contributed by atoms with van der Waals surface area (Å²) in [5.74, 6) is -0.463. The van der Waals surface area contributed by atoms with Gasteiger partial charge < -0.3 is 20.1 Å². The normalized spacial score (nSPS) is 11.2. The Bertz CT molecular complexity index is 573. The number of benzene rings is 1. The molecule has 0 atom stereocenters. The Hall–Kier alpha value is -2.36. The van der Waals surface area contributed by atoms with Crippen LogP contribution in [0.1, 0.15) is 19.4 Å². The lowest BCUT2D eigenvalue weighted by Gasteiger charge is -2.16. The lowest BCUT2D eigenvalue weighted by molar-refractivity contribution is -0.131. The predicted molar refractivity (Wildman–Crippen MR) is 88.5 cm³/mol. The molecule has 1 amide bonds. The third kappa shape index (κ3) is 6.96. The Morgan fingerprint density at radius 3 is 2.61 bits per heavy atom. The molecule has 0 spiro atoms. The highest BCUT2D eigenvalue weighted by Gasteiger charge is 2.10. The zero-order chi connectivity index (χ0) is 17.1. The third-order valence-electron chi connectivity index (χ3n) is 2.88. The molecule has 1 aromatic rings. The number of amides is 1. The first kappa shape index (κ1) is 18.7. The van der Waals surface area contributed by atoms with Crippen LogP contribution in [0.25, 0.3) is 0 Å². The van der Waals surface area contributed by atoms with Gasteiger partial charge >= 0.3 is 0 Å². The first-order valence-corrected chi connectivity index (χ1v) is 7.55. The minimum atomic E-state index is -0.463. The molecule has 1 rings (SSSR count). The van der Waals surface area contributed by atoms with E-state index >= 15 is 0 Å². The summed E-state index contributed by atoms with van der Waals surface area (Å²) in [4.78, 5) is 12.1. The van der Waals surface area contributed by atoms with Gasteiger partial charge in [-0.05, 0) is 38.5 Å². The fraction of sp³-hybridized carbons (Fsp3) is 0.412. The molecule has 0 radical (unpaired) electrons. The molecule has 0 fully saturated rings. The Labute approximate surface area is 137 Å². The fourth-order valence-corrected chi connectivity index (χ4v) is 1.86. The molecule has 0 heterocycles. The summed E-state index contributed by atoms with van der Waals surface area (Å²) < 4.78 is 10.7. The molecule has 23 heavy (non-hydrogen) atoms. The lowest BCUT2D eigenvalue weighted by atomic mass is 10.2. The molecule has 0 aliphatic rings. The Morgan fingerprint density at radius 1 is 1.35 bits per heavy atom. The average molecular weight is 317 g/mol. The third-order valence-corrected chi connectivity index (χ3v) is 2.88. The highest BCUT2D eigenvalue weighted by molar-refractivity contribution is 6.06. The van der Waals surface area contributed by atoms with Gasteiger partial charge in [0, 0.05) is 25.1 Å². The Morgan fingerprint density at radius 2 is 2.04 bits per heavy atom. The number of anilines is 1. The van der Waals surface area contributed by atoms with Crippen molar-refractivity contribution in [3.8, 4) is 6.07 Å². The van der Waals surface area contributed by atoms with Crippen LogP contribution < -0.4 is 10.6 Å². The molecule has 0 bridgehead atoms. The SMILES string of the molecule is CCOC(CN/C=C(/C#N)C(=O)Nc1cccc(C)c1)OCC. The summed E-state index contributed by atoms with van der Waals surface area (Å²) in [7, 11) is 0. The number of nitrogens with one attached hydrogen (secondary N) is 2. The number of carbonyl (C=O) groups excluding carboxylic acids is 1. The quantitative estimate of drug-likeness (QED) is 0.415. The molecule has 0 saturated carbocycles. The first-order valence-electron chi connectivity index (χ1n) is 7.55. The van der Waals surface area contributed by atoms with Crippen LogP contribution in [-0.2, 0) is 14.3 Å². The van der Waals surface area contributed by atoms with Gasteiger partial charge in [-0.1, -0.05) is 12.1 Å². The van der Waals surface area contributed by atoms with Crippen LogP contribution in [0.3, 0.4) is 0 Å². The second-order valence-corrected chi connectivity index (χ2v) is 4.74. The summed E-state index contributed by atoms with van der Waals surface area (Å²) >= 11 is 0. The van der Waals surface area contributed by atoms with Crippen LogP contribution in [0.5, 0.6) is 0 Å². The second-order valence-electron chi connectivity index (χ2n) is 4.74. The number of nitriles is 1. The molecule has 6 nitrogen and oxygen atoms in total. The standard InChI is InChI=1S/C17H23N3O3/c1-4-22-16(23-5-2)12-19-11-14(10-18)17(21)20-15-8-6-7-13(3)9-15/h6-9,11,16,19H,4-5,12H2,1-3H3,(H,20,21)/b14-11-. The number of ether oxygens (including phenoxy) is 2. The van der Waals surface area contributed by atoms with Crippen LogP contribution in [-0.4, -0.2) is 32.0 Å². The molecule has 6 heteroatoms. The molecule has 124 valence electrons. The van der Waals surface area contributed by atoms with Gasteiger partial charge in [0.05, 0.1) is 6.54 Å². The minimum Gasteiger partial charge on any atom is -0.385 e. The van der Waals surface area contributed by atoms with Gasteiger partial charge in [-0.25, -0.2) is 0 Å². The van der Waals surface area contributed by atoms with Crippen molar-refractivity contribution >= 4 is 11.6 Å². The van der Waals surface area contributed by atoms with E-state index in [0.29, 0.717) is 25.4 Å². The van der Waals surface area contributed by atoms with Crippen molar-refractivity contribution in [2.45, 2.75) is 27.1 Å². The predicted octanol–water partition coefficient (Wildman–Crippen LogP) is 2.33. The van der Waals surface area contributed by atoms with E-state index in [1.165, 1.54) is 6.20 Å². The van der Waals surface area contributed by atoms with Crippen molar-refractivity contribution in [2.24, 2.45) is 0 Å². The van der Waals surface area contributed by atoms with Gasteiger partial charge in [0.1, 0.15) is 11.6 Å². The maximum absolute atomic E-state index is 12.1. The summed E-state index contributed by atoms with van der Waals surface area (Å²) in [6.45, 7) is 7.07. The smallest absolute Gasteiger partial charge is 0.267 e. The molecular weight excluding hydrogens is 294 g/mol. The van der Waals surface area contributed by atoms with Gasteiger partial charge in [0.2, 0.25) is 0 Å². The zero-order valence-corrected chi connectivity index (χ0v) is 13.8. The van der Waals surface area contributed by atoms with Crippen LogP contribution in [0.2, 0.25) is 0 Å². The molecule has 0 unspecified atom stereocenters. The number of hydrogen-bond acceptors (Lipinski definition) is 5. The number of carbonyl (C=O) groups is 1. The maximum atomic E-state index is 12.1. The number of nitrogens with zero attached hydrogens (tertiary/aromatic N) is 1. The highest BCUT2D eigenvalue weighted by atomic mass is 16.7. The van der Waals surface area contributed by atoms with E-state index in [9.17, 15) is 4.79 Å². The molecular formula is C17H23N3O3. The van der Waals surface area contributed by atoms with Gasteiger partial charge in [-0.3, -0.25) is 4.79 Å². The molecule has 0 saturated heterocycles. The minimum absolute atomic E-state index is 0.0155.